The smallest absolute Gasteiger partial charge is 0.330 e. The van der Waals surface area contributed by atoms with Crippen LogP contribution in [-0.4, -0.2) is 74.0 Å². The van der Waals surface area contributed by atoms with Crippen molar-refractivity contribution in [2.75, 3.05) is 41.7 Å². The lowest BCUT2D eigenvalue weighted by molar-refractivity contribution is -0.143. The molecule has 0 aromatic heterocycles. The molecule has 274 valence electrons. The second-order valence-electron chi connectivity index (χ2n) is 11.7. The van der Waals surface area contributed by atoms with Crippen molar-refractivity contribution in [1.29, 1.82) is 0 Å². The van der Waals surface area contributed by atoms with Crippen molar-refractivity contribution in [3.8, 4) is 46.0 Å². The first kappa shape index (κ1) is 38.5. The molecular formula is C40H42O12. The number of esters is 2. The van der Waals surface area contributed by atoms with Crippen molar-refractivity contribution in [1.82, 2.24) is 0 Å². The molecule has 52 heavy (non-hydrogen) atoms. The summed E-state index contributed by atoms with van der Waals surface area (Å²) in [6, 6.07) is 19.1. The van der Waals surface area contributed by atoms with Crippen molar-refractivity contribution in [2.45, 2.75) is 12.8 Å². The zero-order valence-corrected chi connectivity index (χ0v) is 29.3. The minimum absolute atomic E-state index is 0.0370. The van der Waals surface area contributed by atoms with Gasteiger partial charge in [0.15, 0.2) is 46.0 Å². The van der Waals surface area contributed by atoms with Crippen LogP contribution in [0.25, 0.3) is 12.2 Å². The molecule has 0 saturated carbocycles. The summed E-state index contributed by atoms with van der Waals surface area (Å²) in [6.07, 6.45) is 6.25. The highest BCUT2D eigenvalue weighted by Gasteiger charge is 2.26. The summed E-state index contributed by atoms with van der Waals surface area (Å²) in [4.78, 5) is 26.0. The molecule has 2 unspecified atom stereocenters. The third-order valence-corrected chi connectivity index (χ3v) is 8.26. The van der Waals surface area contributed by atoms with Gasteiger partial charge in [0, 0.05) is 24.0 Å². The van der Waals surface area contributed by atoms with E-state index in [-0.39, 0.29) is 59.2 Å². The van der Waals surface area contributed by atoms with Crippen molar-refractivity contribution in [2.24, 2.45) is 11.8 Å². The SMILES string of the molecule is COc1cc(/C=C/C(=O)OCC(Cc2ccc(O)c(OC)c2)C(COC(=O)/C=C/c2ccc(O)c(OC)c2)Cc2ccc(O)c(OC)c2)ccc1O. The van der Waals surface area contributed by atoms with Crippen LogP contribution in [0.3, 0.4) is 0 Å². The Hall–Kier alpha value is -6.30. The second-order valence-corrected chi connectivity index (χ2v) is 11.7. The van der Waals surface area contributed by atoms with Gasteiger partial charge in [0.2, 0.25) is 0 Å². The lowest BCUT2D eigenvalue weighted by Crippen LogP contribution is -2.30. The monoisotopic (exact) mass is 714 g/mol. The van der Waals surface area contributed by atoms with Crippen LogP contribution in [0.2, 0.25) is 0 Å². The van der Waals surface area contributed by atoms with Crippen LogP contribution in [0.15, 0.2) is 84.9 Å². The van der Waals surface area contributed by atoms with E-state index in [0.717, 1.165) is 11.1 Å². The van der Waals surface area contributed by atoms with Gasteiger partial charge in [-0.2, -0.15) is 0 Å². The minimum Gasteiger partial charge on any atom is -0.504 e. The molecule has 0 spiro atoms. The van der Waals surface area contributed by atoms with Crippen molar-refractivity contribution in [3.63, 3.8) is 0 Å². The third kappa shape index (κ3) is 10.8. The highest BCUT2D eigenvalue weighted by molar-refractivity contribution is 5.87. The normalized spacial score (nSPS) is 12.3. The first-order valence-electron chi connectivity index (χ1n) is 16.2. The van der Waals surface area contributed by atoms with Crippen LogP contribution in [0, 0.1) is 11.8 Å². The summed E-state index contributed by atoms with van der Waals surface area (Å²) in [5.74, 6) is -1.24. The van der Waals surface area contributed by atoms with Gasteiger partial charge in [-0.1, -0.05) is 24.3 Å². The Balaban J connectivity index is 1.61. The quantitative estimate of drug-likeness (QED) is 0.0736. The maximum Gasteiger partial charge on any atom is 0.330 e. The summed E-state index contributed by atoms with van der Waals surface area (Å²) < 4.78 is 32.4. The molecule has 0 amide bonds. The molecule has 0 heterocycles. The number of benzene rings is 4. The number of methoxy groups -OCH3 is 4. The molecule has 0 aliphatic rings. The lowest BCUT2D eigenvalue weighted by Gasteiger charge is -2.27. The maximum absolute atomic E-state index is 13.0. The molecule has 4 N–H and O–H groups in total. The number of phenols is 4. The van der Waals surface area contributed by atoms with Gasteiger partial charge in [0.05, 0.1) is 41.7 Å². The zero-order chi connectivity index (χ0) is 37.6. The molecule has 4 aromatic carbocycles. The average molecular weight is 715 g/mol. The molecule has 4 aromatic rings. The predicted molar refractivity (Wildman–Crippen MR) is 193 cm³/mol. The molecule has 0 bridgehead atoms. The van der Waals surface area contributed by atoms with E-state index < -0.39 is 23.8 Å². The molecule has 0 aliphatic heterocycles. The van der Waals surface area contributed by atoms with Crippen molar-refractivity contribution >= 4 is 24.1 Å². The number of carbonyl (C=O) groups is 2. The standard InChI is InChI=1S/C40H42O12/c1-47-35-19-25(5-11-31(35)41)9-15-39(45)51-23-29(17-27-7-13-33(43)37(21-27)49-3)30(18-28-8-14-34(44)38(22-28)50-4)24-52-40(46)16-10-26-6-12-32(42)36(20-26)48-2/h5-16,19-22,29-30,41-44H,17-18,23-24H2,1-4H3/b15-9+,16-10+. The van der Waals surface area contributed by atoms with Gasteiger partial charge in [-0.3, -0.25) is 0 Å². The fraction of sp³-hybridized carbons (Fsp3) is 0.250. The number of carbonyl (C=O) groups excluding carboxylic acids is 2. The van der Waals surface area contributed by atoms with Crippen LogP contribution < -0.4 is 18.9 Å². The summed E-state index contributed by atoms with van der Waals surface area (Å²) >= 11 is 0. The summed E-state index contributed by atoms with van der Waals surface area (Å²) in [7, 11) is 5.73. The largest absolute Gasteiger partial charge is 0.504 e. The van der Waals surface area contributed by atoms with E-state index in [1.165, 1.54) is 77.0 Å². The Morgan fingerprint density at radius 3 is 1.19 bits per heavy atom. The summed E-state index contributed by atoms with van der Waals surface area (Å²) in [5, 5.41) is 40.2. The van der Waals surface area contributed by atoms with Gasteiger partial charge in [-0.25, -0.2) is 9.59 Å². The van der Waals surface area contributed by atoms with Gasteiger partial charge in [-0.15, -0.1) is 0 Å². The van der Waals surface area contributed by atoms with E-state index in [2.05, 4.69) is 0 Å². The number of rotatable bonds is 17. The molecule has 0 radical (unpaired) electrons. The predicted octanol–water partition coefficient (Wildman–Crippen LogP) is 6.07. The first-order valence-corrected chi connectivity index (χ1v) is 16.2. The van der Waals surface area contributed by atoms with Gasteiger partial charge >= 0.3 is 11.9 Å². The molecule has 12 heteroatoms. The first-order chi connectivity index (χ1) is 25.0. The van der Waals surface area contributed by atoms with E-state index in [4.69, 9.17) is 28.4 Å². The minimum atomic E-state index is -0.630. The van der Waals surface area contributed by atoms with Crippen molar-refractivity contribution in [3.05, 3.63) is 107 Å². The third-order valence-electron chi connectivity index (χ3n) is 8.26. The number of phenolic OH excluding ortho intramolecular Hbond substituents is 4. The van der Waals surface area contributed by atoms with E-state index in [9.17, 15) is 30.0 Å². The highest BCUT2D eigenvalue weighted by atomic mass is 16.5. The van der Waals surface area contributed by atoms with E-state index in [1.54, 1.807) is 48.5 Å². The second kappa shape index (κ2) is 18.6. The number of aromatic hydroxyl groups is 4. The zero-order valence-electron chi connectivity index (χ0n) is 29.3. The van der Waals surface area contributed by atoms with E-state index in [1.807, 2.05) is 0 Å². The van der Waals surface area contributed by atoms with Crippen LogP contribution in [0.5, 0.6) is 46.0 Å². The Morgan fingerprint density at radius 1 is 0.519 bits per heavy atom. The average Bonchev–Trinajstić information content (AvgIpc) is 3.15. The molecule has 0 fully saturated rings. The van der Waals surface area contributed by atoms with Gasteiger partial charge in [0.1, 0.15) is 0 Å². The molecular weight excluding hydrogens is 672 g/mol. The van der Waals surface area contributed by atoms with Crippen LogP contribution in [0.1, 0.15) is 22.3 Å². The summed E-state index contributed by atoms with van der Waals surface area (Å²) in [6.45, 7) is -0.155. The molecule has 2 atom stereocenters. The van der Waals surface area contributed by atoms with Crippen LogP contribution in [0.4, 0.5) is 0 Å². The van der Waals surface area contributed by atoms with Gasteiger partial charge in [0.25, 0.3) is 0 Å². The molecule has 0 saturated heterocycles. The molecule has 0 aliphatic carbocycles. The maximum atomic E-state index is 13.0. The van der Waals surface area contributed by atoms with Crippen LogP contribution >= 0.6 is 0 Å². The fourth-order valence-electron chi connectivity index (χ4n) is 5.43. The topological polar surface area (TPSA) is 170 Å². The van der Waals surface area contributed by atoms with Gasteiger partial charge < -0.3 is 48.8 Å². The fourth-order valence-corrected chi connectivity index (χ4v) is 5.43. The Morgan fingerprint density at radius 2 is 0.846 bits per heavy atom. The molecule has 4 rings (SSSR count). The Kier molecular flexibility index (Phi) is 13.8. The number of ether oxygens (including phenoxy) is 6. The number of hydrogen-bond acceptors (Lipinski definition) is 12. The number of hydrogen-bond donors (Lipinski definition) is 4. The Bertz CT molecular complexity index is 1760. The van der Waals surface area contributed by atoms with Crippen LogP contribution in [-0.2, 0) is 31.9 Å². The molecule has 12 nitrogen and oxygen atoms in total. The summed E-state index contributed by atoms with van der Waals surface area (Å²) in [5.41, 5.74) is 2.74. The van der Waals surface area contributed by atoms with E-state index in [0.29, 0.717) is 24.0 Å². The van der Waals surface area contributed by atoms with Gasteiger partial charge in [-0.05, 0) is 95.8 Å². The highest BCUT2D eigenvalue weighted by Crippen LogP contribution is 2.33. The lowest BCUT2D eigenvalue weighted by atomic mass is 9.83. The Labute approximate surface area is 301 Å². The van der Waals surface area contributed by atoms with Crippen molar-refractivity contribution < 1.29 is 58.4 Å². The van der Waals surface area contributed by atoms with E-state index >= 15 is 0 Å².